The third-order valence-corrected chi connectivity index (χ3v) is 6.67. The number of nitrogens with zero attached hydrogens (tertiary/aromatic N) is 3. The van der Waals surface area contributed by atoms with E-state index in [2.05, 4.69) is 36.3 Å². The molecule has 1 aromatic heterocycles. The number of benzene rings is 2. The van der Waals surface area contributed by atoms with Gasteiger partial charge in [0, 0.05) is 27.5 Å². The lowest BCUT2D eigenvalue weighted by Crippen LogP contribution is -2.40. The molecule has 2 heterocycles. The van der Waals surface area contributed by atoms with Crippen LogP contribution in [0.25, 0.3) is 11.4 Å². The van der Waals surface area contributed by atoms with Crippen LogP contribution in [0.2, 0.25) is 5.02 Å². The van der Waals surface area contributed by atoms with Gasteiger partial charge < -0.3 is 9.84 Å². The highest BCUT2D eigenvalue weighted by atomic mass is 79.9. The predicted molar refractivity (Wildman–Crippen MR) is 128 cm³/mol. The van der Waals surface area contributed by atoms with Gasteiger partial charge in [0.1, 0.15) is 0 Å². The zero-order chi connectivity index (χ0) is 22.3. The van der Waals surface area contributed by atoms with E-state index >= 15 is 0 Å². The van der Waals surface area contributed by atoms with Crippen LogP contribution >= 0.6 is 27.5 Å². The van der Waals surface area contributed by atoms with Crippen LogP contribution in [0.5, 0.6) is 0 Å². The Morgan fingerprint density at radius 3 is 2.66 bits per heavy atom. The van der Waals surface area contributed by atoms with Crippen LogP contribution in [0.3, 0.4) is 0 Å². The van der Waals surface area contributed by atoms with Crippen LogP contribution in [-0.4, -0.2) is 40.6 Å². The highest BCUT2D eigenvalue weighted by Crippen LogP contribution is 2.22. The third-order valence-electron chi connectivity index (χ3n) is 5.77. The molecule has 0 spiro atoms. The average molecular weight is 518 g/mol. The van der Waals surface area contributed by atoms with Crippen molar-refractivity contribution in [2.24, 2.45) is 5.92 Å². The molecule has 6 nitrogen and oxygen atoms in total. The maximum absolute atomic E-state index is 12.5. The van der Waals surface area contributed by atoms with Gasteiger partial charge in [-0.05, 0) is 74.7 Å². The first-order valence-corrected chi connectivity index (χ1v) is 12.1. The number of carbonyl (C=O) groups excluding carboxylic acids is 1. The molecular weight excluding hydrogens is 492 g/mol. The Labute approximate surface area is 201 Å². The Morgan fingerprint density at radius 2 is 1.91 bits per heavy atom. The highest BCUT2D eigenvalue weighted by molar-refractivity contribution is 9.10. The Bertz CT molecular complexity index is 1030. The molecule has 0 bridgehead atoms. The fourth-order valence-electron chi connectivity index (χ4n) is 3.92. The molecule has 8 heteroatoms. The summed E-state index contributed by atoms with van der Waals surface area (Å²) in [4.78, 5) is 19.3. The molecule has 1 amide bonds. The van der Waals surface area contributed by atoms with E-state index in [1.165, 1.54) is 0 Å². The first-order valence-electron chi connectivity index (χ1n) is 10.9. The van der Waals surface area contributed by atoms with E-state index in [9.17, 15) is 4.79 Å². The molecule has 32 heavy (non-hydrogen) atoms. The first-order chi connectivity index (χ1) is 15.6. The van der Waals surface area contributed by atoms with Crippen LogP contribution in [0, 0.1) is 5.92 Å². The van der Waals surface area contributed by atoms with E-state index in [0.717, 1.165) is 59.4 Å². The Morgan fingerprint density at radius 1 is 1.16 bits per heavy atom. The number of nitrogens with one attached hydrogen (secondary N) is 1. The first kappa shape index (κ1) is 23.0. The van der Waals surface area contributed by atoms with Gasteiger partial charge in [-0.25, -0.2) is 0 Å². The zero-order valence-electron chi connectivity index (χ0n) is 17.8. The van der Waals surface area contributed by atoms with E-state index < -0.39 is 0 Å². The van der Waals surface area contributed by atoms with Gasteiger partial charge in [0.2, 0.25) is 17.6 Å². The molecule has 0 atom stereocenters. The Balaban J connectivity index is 1.17. The summed E-state index contributed by atoms with van der Waals surface area (Å²) in [5.41, 5.74) is 2.05. The SMILES string of the molecule is O=C(NCCCc1ccccc1Cl)C1CCN(Cc2nc(-c3ccc(Br)cc3)no2)CC1. The van der Waals surface area contributed by atoms with E-state index in [1.54, 1.807) is 0 Å². The van der Waals surface area contributed by atoms with Crippen LogP contribution < -0.4 is 5.32 Å². The number of amides is 1. The topological polar surface area (TPSA) is 71.3 Å². The molecule has 0 aliphatic carbocycles. The van der Waals surface area contributed by atoms with Gasteiger partial charge in [0.05, 0.1) is 6.54 Å². The van der Waals surface area contributed by atoms with Gasteiger partial charge in [-0.15, -0.1) is 0 Å². The summed E-state index contributed by atoms with van der Waals surface area (Å²) in [6.07, 6.45) is 3.42. The fraction of sp³-hybridized carbons (Fsp3) is 0.375. The van der Waals surface area contributed by atoms with Crippen molar-refractivity contribution in [2.75, 3.05) is 19.6 Å². The van der Waals surface area contributed by atoms with Gasteiger partial charge in [-0.3, -0.25) is 9.69 Å². The Kier molecular flexibility index (Phi) is 7.95. The number of piperidine rings is 1. The lowest BCUT2D eigenvalue weighted by molar-refractivity contribution is -0.126. The summed E-state index contributed by atoms with van der Waals surface area (Å²) in [5.74, 6) is 1.41. The number of halogens is 2. The standard InChI is InChI=1S/C24H26BrClN4O2/c25-20-9-7-18(8-10-20)23-28-22(32-29-23)16-30-14-11-19(12-15-30)24(31)27-13-3-5-17-4-1-2-6-21(17)26/h1-2,4,6-10,19H,3,5,11-16H2,(H,27,31). The van der Waals surface area contributed by atoms with Gasteiger partial charge in [0.15, 0.2) is 0 Å². The maximum Gasteiger partial charge on any atom is 0.241 e. The fourth-order valence-corrected chi connectivity index (χ4v) is 4.41. The second-order valence-corrected chi connectivity index (χ2v) is 9.38. The van der Waals surface area contributed by atoms with Crippen molar-refractivity contribution in [1.82, 2.24) is 20.4 Å². The Hall–Kier alpha value is -2.22. The number of rotatable bonds is 8. The van der Waals surface area contributed by atoms with Gasteiger partial charge in [0.25, 0.3) is 0 Å². The molecule has 4 rings (SSSR count). The molecule has 1 N–H and O–H groups in total. The molecular formula is C24H26BrClN4O2. The van der Waals surface area contributed by atoms with E-state index in [-0.39, 0.29) is 11.8 Å². The normalized spacial score (nSPS) is 15.1. The number of aromatic nitrogens is 2. The minimum absolute atomic E-state index is 0.0626. The third kappa shape index (κ3) is 6.18. The minimum atomic E-state index is 0.0626. The molecule has 168 valence electrons. The zero-order valence-corrected chi connectivity index (χ0v) is 20.1. The number of hydrogen-bond donors (Lipinski definition) is 1. The summed E-state index contributed by atoms with van der Waals surface area (Å²) in [6, 6.07) is 15.7. The predicted octanol–water partition coefficient (Wildman–Crippen LogP) is 5.11. The molecule has 0 saturated carbocycles. The van der Waals surface area contributed by atoms with Crippen molar-refractivity contribution >= 4 is 33.4 Å². The summed E-state index contributed by atoms with van der Waals surface area (Å²) in [5, 5.41) is 7.97. The molecule has 1 aliphatic rings. The lowest BCUT2D eigenvalue weighted by atomic mass is 9.96. The lowest BCUT2D eigenvalue weighted by Gasteiger charge is -2.30. The molecule has 2 aromatic carbocycles. The van der Waals surface area contributed by atoms with Crippen LogP contribution in [0.15, 0.2) is 57.5 Å². The molecule has 0 radical (unpaired) electrons. The van der Waals surface area contributed by atoms with Crippen LogP contribution in [0.4, 0.5) is 0 Å². The van der Waals surface area contributed by atoms with Crippen LogP contribution in [0.1, 0.15) is 30.7 Å². The van der Waals surface area contributed by atoms with Crippen molar-refractivity contribution in [3.05, 3.63) is 69.5 Å². The van der Waals surface area contributed by atoms with E-state index in [1.807, 2.05) is 48.5 Å². The second kappa shape index (κ2) is 11.1. The van der Waals surface area contributed by atoms with Crippen molar-refractivity contribution in [1.29, 1.82) is 0 Å². The van der Waals surface area contributed by atoms with E-state index in [0.29, 0.717) is 24.8 Å². The largest absolute Gasteiger partial charge is 0.356 e. The average Bonchev–Trinajstić information content (AvgIpc) is 3.27. The van der Waals surface area contributed by atoms with Gasteiger partial charge in [-0.2, -0.15) is 4.98 Å². The number of carbonyl (C=O) groups is 1. The van der Waals surface area contributed by atoms with Crippen molar-refractivity contribution < 1.29 is 9.32 Å². The monoisotopic (exact) mass is 516 g/mol. The van der Waals surface area contributed by atoms with Crippen molar-refractivity contribution in [3.8, 4) is 11.4 Å². The van der Waals surface area contributed by atoms with Gasteiger partial charge in [-0.1, -0.05) is 50.9 Å². The molecule has 1 aliphatic heterocycles. The number of hydrogen-bond acceptors (Lipinski definition) is 5. The van der Waals surface area contributed by atoms with E-state index in [4.69, 9.17) is 16.1 Å². The minimum Gasteiger partial charge on any atom is -0.356 e. The number of aryl methyl sites for hydroxylation is 1. The number of likely N-dealkylation sites (tertiary alicyclic amines) is 1. The summed E-state index contributed by atoms with van der Waals surface area (Å²) >= 11 is 9.62. The quantitative estimate of drug-likeness (QED) is 0.420. The smallest absolute Gasteiger partial charge is 0.241 e. The van der Waals surface area contributed by atoms with Crippen LogP contribution in [-0.2, 0) is 17.8 Å². The van der Waals surface area contributed by atoms with Crippen molar-refractivity contribution in [3.63, 3.8) is 0 Å². The maximum atomic E-state index is 12.5. The summed E-state index contributed by atoms with van der Waals surface area (Å²) in [6.45, 7) is 2.96. The van der Waals surface area contributed by atoms with Crippen molar-refractivity contribution in [2.45, 2.75) is 32.2 Å². The highest BCUT2D eigenvalue weighted by Gasteiger charge is 2.25. The second-order valence-electron chi connectivity index (χ2n) is 8.06. The molecule has 0 unspecified atom stereocenters. The molecule has 1 saturated heterocycles. The summed E-state index contributed by atoms with van der Waals surface area (Å²) in [7, 11) is 0. The molecule has 3 aromatic rings. The summed E-state index contributed by atoms with van der Waals surface area (Å²) < 4.78 is 6.45. The van der Waals surface area contributed by atoms with Gasteiger partial charge >= 0.3 is 0 Å². The molecule has 1 fully saturated rings.